The van der Waals surface area contributed by atoms with Crippen molar-refractivity contribution in [2.75, 3.05) is 12.4 Å². The van der Waals surface area contributed by atoms with Crippen molar-refractivity contribution in [1.29, 1.82) is 0 Å². The minimum absolute atomic E-state index is 0.176. The number of aromatic nitrogens is 3. The number of carbonyl (C=O) groups is 1. The average Bonchev–Trinajstić information content (AvgIpc) is 3.37. The first-order valence-corrected chi connectivity index (χ1v) is 10.8. The van der Waals surface area contributed by atoms with E-state index in [-0.39, 0.29) is 12.3 Å². The summed E-state index contributed by atoms with van der Waals surface area (Å²) in [7, 11) is 1.53. The molecule has 0 bridgehead atoms. The van der Waals surface area contributed by atoms with Crippen molar-refractivity contribution in [2.45, 2.75) is 30.7 Å². The van der Waals surface area contributed by atoms with Crippen LogP contribution in [0.1, 0.15) is 23.7 Å². The lowest BCUT2D eigenvalue weighted by atomic mass is 10.2. The zero-order valence-corrected chi connectivity index (χ0v) is 18.4. The van der Waals surface area contributed by atoms with E-state index in [1.54, 1.807) is 18.2 Å². The highest BCUT2D eigenvalue weighted by Gasteiger charge is 2.13. The second-order valence-corrected chi connectivity index (χ2v) is 8.10. The summed E-state index contributed by atoms with van der Waals surface area (Å²) in [5.74, 6) is 1.66. The summed E-state index contributed by atoms with van der Waals surface area (Å²) in [6.45, 7) is 2.01. The van der Waals surface area contributed by atoms with Gasteiger partial charge in [-0.2, -0.15) is 4.98 Å². The summed E-state index contributed by atoms with van der Waals surface area (Å²) in [5, 5.41) is 7.78. The molecule has 1 N–H and O–H groups in total. The Bertz CT molecular complexity index is 1220. The Labute approximate surface area is 187 Å². The number of thioether (sulfide) groups is 1. The first kappa shape index (κ1) is 21.2. The molecule has 8 nitrogen and oxygen atoms in total. The van der Waals surface area contributed by atoms with Crippen LogP contribution in [-0.2, 0) is 17.0 Å². The van der Waals surface area contributed by atoms with E-state index in [1.165, 1.54) is 18.9 Å². The van der Waals surface area contributed by atoms with Gasteiger partial charge < -0.3 is 19.0 Å². The number of ether oxygens (including phenoxy) is 1. The number of carbonyl (C=O) groups excluding carboxylic acids is 1. The largest absolute Gasteiger partial charge is 0.495 e. The van der Waals surface area contributed by atoms with Crippen LogP contribution < -0.4 is 10.1 Å². The van der Waals surface area contributed by atoms with Crippen molar-refractivity contribution in [3.05, 3.63) is 58.7 Å². The highest BCUT2D eigenvalue weighted by atomic mass is 35.5. The van der Waals surface area contributed by atoms with Gasteiger partial charge in [0.1, 0.15) is 11.3 Å². The van der Waals surface area contributed by atoms with E-state index in [1.807, 2.05) is 25.1 Å². The van der Waals surface area contributed by atoms with Gasteiger partial charge in [0.25, 0.3) is 5.22 Å². The van der Waals surface area contributed by atoms with Crippen LogP contribution in [0.2, 0.25) is 5.02 Å². The van der Waals surface area contributed by atoms with E-state index in [9.17, 15) is 4.79 Å². The Morgan fingerprint density at radius 1 is 1.23 bits per heavy atom. The molecule has 10 heteroatoms. The molecule has 0 radical (unpaired) electrons. The molecular weight excluding hydrogens is 440 g/mol. The van der Waals surface area contributed by atoms with Crippen molar-refractivity contribution in [2.24, 2.45) is 0 Å². The molecule has 0 unspecified atom stereocenters. The van der Waals surface area contributed by atoms with Crippen LogP contribution in [0, 0.1) is 6.92 Å². The van der Waals surface area contributed by atoms with Gasteiger partial charge in [0.2, 0.25) is 11.8 Å². The number of rotatable bonds is 8. The zero-order valence-electron chi connectivity index (χ0n) is 16.8. The number of methoxy groups -OCH3 is 1. The lowest BCUT2D eigenvalue weighted by Gasteiger charge is -2.10. The van der Waals surface area contributed by atoms with Crippen LogP contribution in [-0.4, -0.2) is 28.1 Å². The molecule has 160 valence electrons. The van der Waals surface area contributed by atoms with Crippen LogP contribution in [0.25, 0.3) is 11.1 Å². The molecule has 0 fully saturated rings. The van der Waals surface area contributed by atoms with Gasteiger partial charge in [-0.15, -0.1) is 0 Å². The minimum Gasteiger partial charge on any atom is -0.495 e. The van der Waals surface area contributed by atoms with Crippen molar-refractivity contribution < 1.29 is 18.5 Å². The fourth-order valence-corrected chi connectivity index (χ4v) is 3.72. The molecule has 1 amide bonds. The fourth-order valence-electron chi connectivity index (χ4n) is 2.87. The lowest BCUT2D eigenvalue weighted by Crippen LogP contribution is -2.13. The van der Waals surface area contributed by atoms with Crippen molar-refractivity contribution in [1.82, 2.24) is 15.1 Å². The Kier molecular flexibility index (Phi) is 6.43. The molecule has 2 heterocycles. The number of nitrogens with zero attached hydrogens (tertiary/aromatic N) is 3. The number of oxazole rings is 1. The van der Waals surface area contributed by atoms with Gasteiger partial charge in [-0.05, 0) is 42.8 Å². The number of hydrogen-bond acceptors (Lipinski definition) is 8. The summed E-state index contributed by atoms with van der Waals surface area (Å²) in [4.78, 5) is 21.0. The van der Waals surface area contributed by atoms with Crippen LogP contribution in [0.3, 0.4) is 0 Å². The molecule has 4 aromatic rings. The number of hydrogen-bond donors (Lipinski definition) is 1. The van der Waals surface area contributed by atoms with Gasteiger partial charge in [-0.25, -0.2) is 4.98 Å². The van der Waals surface area contributed by atoms with Crippen molar-refractivity contribution in [3.63, 3.8) is 0 Å². The second-order valence-electron chi connectivity index (χ2n) is 6.74. The van der Waals surface area contributed by atoms with Crippen LogP contribution in [0.15, 0.2) is 50.6 Å². The monoisotopic (exact) mass is 458 g/mol. The molecule has 0 aliphatic heterocycles. The topological polar surface area (TPSA) is 103 Å². The molecular formula is C21H19ClN4O4S. The van der Waals surface area contributed by atoms with Gasteiger partial charge in [-0.3, -0.25) is 4.79 Å². The molecule has 2 aromatic carbocycles. The maximum absolute atomic E-state index is 12.3. The first-order valence-electron chi connectivity index (χ1n) is 9.45. The maximum Gasteiger partial charge on any atom is 0.257 e. The molecule has 0 atom stereocenters. The highest BCUT2D eigenvalue weighted by molar-refractivity contribution is 7.98. The summed E-state index contributed by atoms with van der Waals surface area (Å²) in [6.07, 6.45) is 0.490. The van der Waals surface area contributed by atoms with Gasteiger partial charge in [-0.1, -0.05) is 34.6 Å². The van der Waals surface area contributed by atoms with E-state index < -0.39 is 0 Å². The third-order valence-corrected chi connectivity index (χ3v) is 5.42. The Morgan fingerprint density at radius 2 is 2.10 bits per heavy atom. The number of fused-ring (bicyclic) bond motifs is 1. The molecule has 0 spiro atoms. The van der Waals surface area contributed by atoms with E-state index >= 15 is 0 Å². The third kappa shape index (κ3) is 5.36. The maximum atomic E-state index is 12.3. The van der Waals surface area contributed by atoms with E-state index in [2.05, 4.69) is 20.4 Å². The number of halogens is 1. The molecule has 0 aliphatic carbocycles. The molecule has 0 saturated carbocycles. The van der Waals surface area contributed by atoms with E-state index in [4.69, 9.17) is 25.3 Å². The minimum atomic E-state index is -0.212. The number of anilines is 1. The van der Waals surface area contributed by atoms with E-state index in [0.717, 1.165) is 16.7 Å². The summed E-state index contributed by atoms with van der Waals surface area (Å²) in [6, 6.07) is 10.9. The molecule has 0 saturated heterocycles. The Hall–Kier alpha value is -3.04. The number of amides is 1. The molecule has 31 heavy (non-hydrogen) atoms. The molecule has 0 aliphatic rings. The standard InChI is InChI=1S/C21H19ClN4O4S/c1-12-3-5-17-14(9-12)24-21(29-17)31-11-18-25-20(30-26-18)8-7-19(27)23-15-10-13(22)4-6-16(15)28-2/h3-6,9-10H,7-8,11H2,1-2H3,(H,23,27). The normalized spacial score (nSPS) is 11.1. The summed E-state index contributed by atoms with van der Waals surface area (Å²) >= 11 is 7.37. The predicted octanol–water partition coefficient (Wildman–Crippen LogP) is 5.04. The average molecular weight is 459 g/mol. The zero-order chi connectivity index (χ0) is 21.8. The lowest BCUT2D eigenvalue weighted by molar-refractivity contribution is -0.116. The van der Waals surface area contributed by atoms with Gasteiger partial charge in [0, 0.05) is 17.9 Å². The quantitative estimate of drug-likeness (QED) is 0.366. The second kappa shape index (κ2) is 9.40. The Balaban J connectivity index is 1.29. The first-order chi connectivity index (χ1) is 15.0. The van der Waals surface area contributed by atoms with E-state index in [0.29, 0.717) is 45.6 Å². The third-order valence-electron chi connectivity index (χ3n) is 4.36. The van der Waals surface area contributed by atoms with Gasteiger partial charge in [0.15, 0.2) is 11.4 Å². The van der Waals surface area contributed by atoms with Gasteiger partial charge in [0.05, 0.1) is 18.6 Å². The molecule has 2 aromatic heterocycles. The number of aryl methyl sites for hydroxylation is 2. The molecule has 4 rings (SSSR count). The summed E-state index contributed by atoms with van der Waals surface area (Å²) in [5.41, 5.74) is 3.19. The highest BCUT2D eigenvalue weighted by Crippen LogP contribution is 2.28. The van der Waals surface area contributed by atoms with Crippen LogP contribution >= 0.6 is 23.4 Å². The van der Waals surface area contributed by atoms with Crippen LogP contribution in [0.5, 0.6) is 5.75 Å². The number of benzene rings is 2. The number of nitrogens with one attached hydrogen (secondary N) is 1. The van der Waals surface area contributed by atoms with Gasteiger partial charge >= 0.3 is 0 Å². The summed E-state index contributed by atoms with van der Waals surface area (Å²) < 4.78 is 16.2. The van der Waals surface area contributed by atoms with Crippen molar-refractivity contribution >= 4 is 46.1 Å². The Morgan fingerprint density at radius 3 is 2.94 bits per heavy atom. The van der Waals surface area contributed by atoms with Crippen molar-refractivity contribution in [3.8, 4) is 5.75 Å². The fraction of sp³-hybridized carbons (Fsp3) is 0.238. The predicted molar refractivity (Wildman–Crippen MR) is 118 cm³/mol. The smallest absolute Gasteiger partial charge is 0.257 e. The SMILES string of the molecule is COc1ccc(Cl)cc1NC(=O)CCc1nc(CSc2nc3cc(C)ccc3o2)no1. The van der Waals surface area contributed by atoms with Crippen LogP contribution in [0.4, 0.5) is 5.69 Å².